The van der Waals surface area contributed by atoms with Gasteiger partial charge in [0.15, 0.2) is 0 Å². The molecule has 0 unspecified atom stereocenters. The lowest BCUT2D eigenvalue weighted by Crippen LogP contribution is -2.19. The van der Waals surface area contributed by atoms with Gasteiger partial charge in [-0.15, -0.1) is 0 Å². The molecule has 0 aliphatic heterocycles. The Bertz CT molecular complexity index is 648. The Balaban J connectivity index is 2.13. The molecule has 0 saturated carbocycles. The topological polar surface area (TPSA) is 54.4 Å². The fourth-order valence-electron chi connectivity index (χ4n) is 1.98. The minimum absolute atomic E-state index is 0.262. The molecule has 1 amide bonds. The standard InChI is InChI=1S/C16H17N3O/c1-11-6-7-15(12(2)9-11)13(3)18-19-16(20)14-5-4-8-17-10-14/h4-10H,1-3H3,(H,19,20)/b18-13-. The lowest BCUT2D eigenvalue weighted by molar-refractivity contribution is 0.0954. The first-order valence-corrected chi connectivity index (χ1v) is 6.40. The summed E-state index contributed by atoms with van der Waals surface area (Å²) < 4.78 is 0. The van der Waals surface area contributed by atoms with E-state index in [0.29, 0.717) is 5.56 Å². The van der Waals surface area contributed by atoms with Crippen molar-refractivity contribution in [3.63, 3.8) is 0 Å². The van der Waals surface area contributed by atoms with E-state index in [1.54, 1.807) is 18.3 Å². The number of aryl methyl sites for hydroxylation is 2. The van der Waals surface area contributed by atoms with Crippen LogP contribution in [0, 0.1) is 13.8 Å². The van der Waals surface area contributed by atoms with E-state index < -0.39 is 0 Å². The summed E-state index contributed by atoms with van der Waals surface area (Å²) in [5.41, 5.74) is 7.19. The summed E-state index contributed by atoms with van der Waals surface area (Å²) in [6.45, 7) is 5.96. The molecule has 1 aromatic carbocycles. The maximum atomic E-state index is 11.9. The summed E-state index contributed by atoms with van der Waals surface area (Å²) in [6, 6.07) is 9.56. The van der Waals surface area contributed by atoms with Crippen LogP contribution < -0.4 is 5.43 Å². The molecule has 0 radical (unpaired) electrons. The summed E-state index contributed by atoms with van der Waals surface area (Å²) in [7, 11) is 0. The highest BCUT2D eigenvalue weighted by Crippen LogP contribution is 2.11. The minimum Gasteiger partial charge on any atom is -0.267 e. The second-order valence-electron chi connectivity index (χ2n) is 4.70. The molecule has 0 atom stereocenters. The van der Waals surface area contributed by atoms with Gasteiger partial charge in [-0.05, 0) is 38.5 Å². The highest BCUT2D eigenvalue weighted by molar-refractivity contribution is 6.01. The molecule has 2 rings (SSSR count). The Hall–Kier alpha value is -2.49. The predicted octanol–water partition coefficient (Wildman–Crippen LogP) is 2.85. The van der Waals surface area contributed by atoms with Gasteiger partial charge in [0.05, 0.1) is 11.3 Å². The van der Waals surface area contributed by atoms with E-state index in [-0.39, 0.29) is 5.91 Å². The van der Waals surface area contributed by atoms with Crippen LogP contribution in [-0.4, -0.2) is 16.6 Å². The molecule has 4 heteroatoms. The van der Waals surface area contributed by atoms with Crippen LogP contribution in [0.4, 0.5) is 0 Å². The minimum atomic E-state index is -0.262. The SMILES string of the molecule is C/C(=N/NC(=O)c1cccnc1)c1ccc(C)cc1C. The highest BCUT2D eigenvalue weighted by Gasteiger charge is 2.05. The summed E-state index contributed by atoms with van der Waals surface area (Å²) in [5.74, 6) is -0.262. The first-order valence-electron chi connectivity index (χ1n) is 6.40. The lowest BCUT2D eigenvalue weighted by Gasteiger charge is -2.07. The van der Waals surface area contributed by atoms with Crippen molar-refractivity contribution in [3.8, 4) is 0 Å². The van der Waals surface area contributed by atoms with E-state index in [4.69, 9.17) is 0 Å². The molecule has 4 nitrogen and oxygen atoms in total. The third-order valence-electron chi connectivity index (χ3n) is 3.02. The predicted molar refractivity (Wildman–Crippen MR) is 79.8 cm³/mol. The van der Waals surface area contributed by atoms with Gasteiger partial charge in [0.2, 0.25) is 0 Å². The van der Waals surface area contributed by atoms with Crippen molar-refractivity contribution in [2.45, 2.75) is 20.8 Å². The number of nitrogens with zero attached hydrogens (tertiary/aromatic N) is 2. The van der Waals surface area contributed by atoms with Crippen molar-refractivity contribution < 1.29 is 4.79 Å². The number of hydrazone groups is 1. The quantitative estimate of drug-likeness (QED) is 0.686. The number of benzene rings is 1. The maximum absolute atomic E-state index is 11.9. The molecule has 0 spiro atoms. The number of hydrogen-bond acceptors (Lipinski definition) is 3. The van der Waals surface area contributed by atoms with Crippen LogP contribution in [0.2, 0.25) is 0 Å². The van der Waals surface area contributed by atoms with Crippen molar-refractivity contribution in [1.29, 1.82) is 0 Å². The summed E-state index contributed by atoms with van der Waals surface area (Å²) in [4.78, 5) is 15.8. The fraction of sp³-hybridized carbons (Fsp3) is 0.188. The molecule has 0 aliphatic rings. The largest absolute Gasteiger partial charge is 0.272 e. The van der Waals surface area contributed by atoms with Gasteiger partial charge in [0, 0.05) is 18.0 Å². The first-order chi connectivity index (χ1) is 9.58. The molecule has 20 heavy (non-hydrogen) atoms. The average Bonchev–Trinajstić information content (AvgIpc) is 2.45. The van der Waals surface area contributed by atoms with Crippen LogP contribution in [-0.2, 0) is 0 Å². The van der Waals surface area contributed by atoms with Gasteiger partial charge in [-0.2, -0.15) is 5.10 Å². The number of nitrogens with one attached hydrogen (secondary N) is 1. The van der Waals surface area contributed by atoms with Gasteiger partial charge in [-0.1, -0.05) is 23.8 Å². The molecule has 1 aromatic heterocycles. The molecular formula is C16H17N3O. The molecule has 0 fully saturated rings. The summed E-state index contributed by atoms with van der Waals surface area (Å²) in [5, 5.41) is 4.15. The van der Waals surface area contributed by atoms with E-state index in [0.717, 1.165) is 16.8 Å². The van der Waals surface area contributed by atoms with E-state index in [9.17, 15) is 4.79 Å². The lowest BCUT2D eigenvalue weighted by atomic mass is 10.0. The Kier molecular flexibility index (Phi) is 4.25. The van der Waals surface area contributed by atoms with Gasteiger partial charge in [0.25, 0.3) is 5.91 Å². The van der Waals surface area contributed by atoms with Crippen molar-refractivity contribution >= 4 is 11.6 Å². The number of hydrogen-bond donors (Lipinski definition) is 1. The second kappa shape index (κ2) is 6.10. The third-order valence-corrected chi connectivity index (χ3v) is 3.02. The maximum Gasteiger partial charge on any atom is 0.272 e. The van der Waals surface area contributed by atoms with E-state index in [2.05, 4.69) is 21.6 Å². The average molecular weight is 267 g/mol. The third kappa shape index (κ3) is 3.29. The first kappa shape index (κ1) is 13.9. The van der Waals surface area contributed by atoms with Crippen LogP contribution in [0.1, 0.15) is 34.0 Å². The molecule has 2 aromatic rings. The summed E-state index contributed by atoms with van der Waals surface area (Å²) >= 11 is 0. The Morgan fingerprint density at radius 1 is 1.25 bits per heavy atom. The molecule has 0 bridgehead atoms. The smallest absolute Gasteiger partial charge is 0.267 e. The van der Waals surface area contributed by atoms with Crippen LogP contribution >= 0.6 is 0 Å². The fourth-order valence-corrected chi connectivity index (χ4v) is 1.98. The zero-order chi connectivity index (χ0) is 14.5. The van der Waals surface area contributed by atoms with Crippen molar-refractivity contribution in [3.05, 3.63) is 65.0 Å². The molecule has 102 valence electrons. The molecule has 1 heterocycles. The monoisotopic (exact) mass is 267 g/mol. The Morgan fingerprint density at radius 2 is 2.05 bits per heavy atom. The number of carbonyl (C=O) groups is 1. The Labute approximate surface area is 118 Å². The summed E-state index contributed by atoms with van der Waals surface area (Å²) in [6.07, 6.45) is 3.14. The van der Waals surface area contributed by atoms with Crippen LogP contribution in [0.3, 0.4) is 0 Å². The van der Waals surface area contributed by atoms with Gasteiger partial charge < -0.3 is 0 Å². The highest BCUT2D eigenvalue weighted by atomic mass is 16.2. The number of rotatable bonds is 3. The van der Waals surface area contributed by atoms with Crippen LogP contribution in [0.25, 0.3) is 0 Å². The van der Waals surface area contributed by atoms with Gasteiger partial charge in [-0.3, -0.25) is 9.78 Å². The van der Waals surface area contributed by atoms with Crippen molar-refractivity contribution in [1.82, 2.24) is 10.4 Å². The van der Waals surface area contributed by atoms with E-state index >= 15 is 0 Å². The number of pyridine rings is 1. The van der Waals surface area contributed by atoms with Gasteiger partial charge in [-0.25, -0.2) is 5.43 Å². The number of aromatic nitrogens is 1. The Morgan fingerprint density at radius 3 is 2.70 bits per heavy atom. The van der Waals surface area contributed by atoms with E-state index in [1.165, 1.54) is 11.8 Å². The second-order valence-corrected chi connectivity index (χ2v) is 4.70. The molecule has 1 N–H and O–H groups in total. The van der Waals surface area contributed by atoms with Crippen LogP contribution in [0.15, 0.2) is 47.8 Å². The van der Waals surface area contributed by atoms with Crippen LogP contribution in [0.5, 0.6) is 0 Å². The molecule has 0 aliphatic carbocycles. The number of amides is 1. The van der Waals surface area contributed by atoms with E-state index in [1.807, 2.05) is 32.9 Å². The zero-order valence-electron chi connectivity index (χ0n) is 11.8. The van der Waals surface area contributed by atoms with Crippen molar-refractivity contribution in [2.24, 2.45) is 5.10 Å². The number of carbonyl (C=O) groups excluding carboxylic acids is 1. The molecule has 0 saturated heterocycles. The van der Waals surface area contributed by atoms with Gasteiger partial charge in [0.1, 0.15) is 0 Å². The zero-order valence-corrected chi connectivity index (χ0v) is 11.8. The normalized spacial score (nSPS) is 11.2. The van der Waals surface area contributed by atoms with Crippen molar-refractivity contribution in [2.75, 3.05) is 0 Å². The van der Waals surface area contributed by atoms with Gasteiger partial charge >= 0.3 is 0 Å². The molecular weight excluding hydrogens is 250 g/mol.